The van der Waals surface area contributed by atoms with Crippen LogP contribution in [0.15, 0.2) is 29.2 Å². The molecule has 0 radical (unpaired) electrons. The minimum atomic E-state index is -3.59. The molecule has 0 fully saturated rings. The molecular formula is C12H19ClN2O2S. The normalized spacial score (nSPS) is 12.7. The van der Waals surface area contributed by atoms with E-state index in [1.165, 1.54) is 12.1 Å². The first-order valence-electron chi connectivity index (χ1n) is 5.89. The third-order valence-electron chi connectivity index (χ3n) is 3.20. The van der Waals surface area contributed by atoms with Crippen LogP contribution in [0.3, 0.4) is 0 Å². The number of halogens is 1. The van der Waals surface area contributed by atoms with E-state index in [2.05, 4.69) is 4.72 Å². The molecule has 1 aromatic rings. The monoisotopic (exact) mass is 290 g/mol. The van der Waals surface area contributed by atoms with Crippen LogP contribution in [-0.2, 0) is 10.0 Å². The molecule has 0 aliphatic heterocycles. The minimum Gasteiger partial charge on any atom is -0.329 e. The Labute approximate surface area is 114 Å². The van der Waals surface area contributed by atoms with Gasteiger partial charge in [0.15, 0.2) is 0 Å². The van der Waals surface area contributed by atoms with E-state index in [1.54, 1.807) is 12.1 Å². The molecule has 1 rings (SSSR count). The lowest BCUT2D eigenvalue weighted by atomic mass is 9.95. The summed E-state index contributed by atoms with van der Waals surface area (Å²) < 4.78 is 27.2. The fourth-order valence-corrected chi connectivity index (χ4v) is 3.56. The van der Waals surface area contributed by atoms with E-state index in [1.807, 2.05) is 13.8 Å². The molecule has 0 saturated carbocycles. The number of nitrogens with two attached hydrogens (primary N) is 1. The van der Waals surface area contributed by atoms with Gasteiger partial charge in [0.2, 0.25) is 10.0 Å². The number of benzene rings is 1. The number of hydrogen-bond acceptors (Lipinski definition) is 3. The first kappa shape index (κ1) is 15.4. The highest BCUT2D eigenvalue weighted by Gasteiger charge is 2.30. The highest BCUT2D eigenvalue weighted by molar-refractivity contribution is 7.89. The average molecular weight is 291 g/mol. The van der Waals surface area contributed by atoms with E-state index in [0.717, 1.165) is 0 Å². The Hall–Kier alpha value is -0.620. The molecule has 0 spiro atoms. The molecule has 6 heteroatoms. The van der Waals surface area contributed by atoms with Crippen LogP contribution in [0.2, 0.25) is 5.02 Å². The molecule has 4 nitrogen and oxygen atoms in total. The topological polar surface area (TPSA) is 72.2 Å². The van der Waals surface area contributed by atoms with E-state index in [0.29, 0.717) is 17.9 Å². The second-order valence-corrected chi connectivity index (χ2v) is 6.37. The lowest BCUT2D eigenvalue weighted by molar-refractivity contribution is 0.363. The summed E-state index contributed by atoms with van der Waals surface area (Å²) >= 11 is 5.81. The standard InChI is InChI=1S/C12H19ClN2O2S/c1-3-12(4-2,9-14)15-18(16,17)11-7-5-6-10(13)8-11/h5-8,15H,3-4,9,14H2,1-2H3. The fraction of sp³-hybridized carbons (Fsp3) is 0.500. The van der Waals surface area contributed by atoms with Crippen molar-refractivity contribution >= 4 is 21.6 Å². The predicted molar refractivity (Wildman–Crippen MR) is 74.1 cm³/mol. The molecule has 0 heterocycles. The fourth-order valence-electron chi connectivity index (χ4n) is 1.70. The van der Waals surface area contributed by atoms with Crippen molar-refractivity contribution in [3.63, 3.8) is 0 Å². The summed E-state index contributed by atoms with van der Waals surface area (Å²) in [6, 6.07) is 6.19. The molecule has 102 valence electrons. The molecule has 0 atom stereocenters. The third kappa shape index (κ3) is 3.45. The zero-order chi connectivity index (χ0) is 13.8. The Kier molecular flexibility index (Phi) is 5.16. The molecule has 1 aromatic carbocycles. The molecule has 0 unspecified atom stereocenters. The quantitative estimate of drug-likeness (QED) is 0.843. The van der Waals surface area contributed by atoms with Crippen molar-refractivity contribution in [1.29, 1.82) is 0 Å². The van der Waals surface area contributed by atoms with Crippen LogP contribution in [0.1, 0.15) is 26.7 Å². The number of nitrogens with one attached hydrogen (secondary N) is 1. The lowest BCUT2D eigenvalue weighted by Crippen LogP contribution is -2.52. The van der Waals surface area contributed by atoms with E-state index < -0.39 is 15.6 Å². The van der Waals surface area contributed by atoms with Gasteiger partial charge in [-0.05, 0) is 31.0 Å². The second-order valence-electron chi connectivity index (χ2n) is 4.25. The highest BCUT2D eigenvalue weighted by Crippen LogP contribution is 2.20. The molecule has 3 N–H and O–H groups in total. The maximum Gasteiger partial charge on any atom is 0.241 e. The molecule has 0 bridgehead atoms. The maximum atomic E-state index is 12.3. The van der Waals surface area contributed by atoms with E-state index in [9.17, 15) is 8.42 Å². The van der Waals surface area contributed by atoms with Gasteiger partial charge in [0.25, 0.3) is 0 Å². The highest BCUT2D eigenvalue weighted by atomic mass is 35.5. The summed E-state index contributed by atoms with van der Waals surface area (Å²) in [5.41, 5.74) is 5.09. The van der Waals surface area contributed by atoms with Crippen LogP contribution in [0.5, 0.6) is 0 Å². The van der Waals surface area contributed by atoms with Crippen molar-refractivity contribution in [1.82, 2.24) is 4.72 Å². The van der Waals surface area contributed by atoms with E-state index in [4.69, 9.17) is 17.3 Å². The number of sulfonamides is 1. The van der Waals surface area contributed by atoms with Gasteiger partial charge in [-0.15, -0.1) is 0 Å². The molecule has 0 saturated heterocycles. The molecule has 0 aromatic heterocycles. The Morgan fingerprint density at radius 1 is 1.33 bits per heavy atom. The Morgan fingerprint density at radius 3 is 2.39 bits per heavy atom. The first-order chi connectivity index (χ1) is 8.39. The summed E-state index contributed by atoms with van der Waals surface area (Å²) in [5, 5.41) is 0.393. The molecule has 0 amide bonds. The zero-order valence-electron chi connectivity index (χ0n) is 10.6. The van der Waals surface area contributed by atoms with Crippen LogP contribution in [-0.4, -0.2) is 20.5 Å². The van der Waals surface area contributed by atoms with E-state index >= 15 is 0 Å². The molecular weight excluding hydrogens is 272 g/mol. The SMILES string of the molecule is CCC(CC)(CN)NS(=O)(=O)c1cccc(Cl)c1. The summed E-state index contributed by atoms with van der Waals surface area (Å²) in [6.07, 6.45) is 1.28. The van der Waals surface area contributed by atoms with Crippen LogP contribution < -0.4 is 10.5 Å². The van der Waals surface area contributed by atoms with Crippen molar-refractivity contribution < 1.29 is 8.42 Å². The van der Waals surface area contributed by atoms with Gasteiger partial charge in [-0.3, -0.25) is 0 Å². The van der Waals surface area contributed by atoms with Crippen molar-refractivity contribution in [3.05, 3.63) is 29.3 Å². The van der Waals surface area contributed by atoms with Gasteiger partial charge >= 0.3 is 0 Å². The van der Waals surface area contributed by atoms with Gasteiger partial charge in [0, 0.05) is 17.1 Å². The van der Waals surface area contributed by atoms with Crippen molar-refractivity contribution in [2.45, 2.75) is 37.1 Å². The van der Waals surface area contributed by atoms with Crippen molar-refractivity contribution in [2.75, 3.05) is 6.54 Å². The second kappa shape index (κ2) is 6.02. The Morgan fingerprint density at radius 2 is 1.94 bits per heavy atom. The van der Waals surface area contributed by atoms with Crippen LogP contribution in [0.25, 0.3) is 0 Å². The molecule has 18 heavy (non-hydrogen) atoms. The van der Waals surface area contributed by atoms with Crippen molar-refractivity contribution in [2.24, 2.45) is 5.73 Å². The third-order valence-corrected chi connectivity index (χ3v) is 5.01. The van der Waals surface area contributed by atoms with Gasteiger partial charge in [0.05, 0.1) is 4.90 Å². The van der Waals surface area contributed by atoms with Gasteiger partial charge in [0.1, 0.15) is 0 Å². The number of hydrogen-bond donors (Lipinski definition) is 2. The first-order valence-corrected chi connectivity index (χ1v) is 7.75. The van der Waals surface area contributed by atoms with Gasteiger partial charge in [-0.25, -0.2) is 13.1 Å². The van der Waals surface area contributed by atoms with Crippen LogP contribution >= 0.6 is 11.6 Å². The Bertz CT molecular complexity index is 490. The summed E-state index contributed by atoms with van der Waals surface area (Å²) in [6.45, 7) is 4.09. The zero-order valence-corrected chi connectivity index (χ0v) is 12.2. The average Bonchev–Trinajstić information content (AvgIpc) is 2.36. The summed E-state index contributed by atoms with van der Waals surface area (Å²) in [4.78, 5) is 0.162. The van der Waals surface area contributed by atoms with Crippen LogP contribution in [0.4, 0.5) is 0 Å². The smallest absolute Gasteiger partial charge is 0.241 e. The lowest BCUT2D eigenvalue weighted by Gasteiger charge is -2.31. The number of rotatable bonds is 6. The summed E-state index contributed by atoms with van der Waals surface area (Å²) in [7, 11) is -3.59. The predicted octanol–water partition coefficient (Wildman–Crippen LogP) is 2.14. The van der Waals surface area contributed by atoms with Gasteiger partial charge < -0.3 is 5.73 Å². The Balaban J connectivity index is 3.08. The largest absolute Gasteiger partial charge is 0.329 e. The maximum absolute atomic E-state index is 12.3. The van der Waals surface area contributed by atoms with Gasteiger partial charge in [-0.2, -0.15) is 0 Å². The van der Waals surface area contributed by atoms with Gasteiger partial charge in [-0.1, -0.05) is 31.5 Å². The van der Waals surface area contributed by atoms with Crippen LogP contribution in [0, 0.1) is 0 Å². The molecule has 0 aliphatic rings. The van der Waals surface area contributed by atoms with Crippen molar-refractivity contribution in [3.8, 4) is 0 Å². The van der Waals surface area contributed by atoms with E-state index in [-0.39, 0.29) is 11.4 Å². The molecule has 0 aliphatic carbocycles. The summed E-state index contributed by atoms with van der Waals surface area (Å²) in [5.74, 6) is 0. The minimum absolute atomic E-state index is 0.162.